The summed E-state index contributed by atoms with van der Waals surface area (Å²) >= 11 is 1.14. The summed E-state index contributed by atoms with van der Waals surface area (Å²) in [5, 5.41) is 0. The number of hydrogen-bond donors (Lipinski definition) is 0. The van der Waals surface area contributed by atoms with Crippen molar-refractivity contribution in [2.75, 3.05) is 0 Å². The van der Waals surface area contributed by atoms with Crippen LogP contribution in [0.1, 0.15) is 22.3 Å². The molecule has 0 saturated carbocycles. The van der Waals surface area contributed by atoms with E-state index in [0.717, 1.165) is 31.3 Å². The molecule has 0 aromatic heterocycles. The van der Waals surface area contributed by atoms with E-state index in [0.29, 0.717) is 0 Å². The Balaban J connectivity index is 2.71. The fraction of sp³-hybridized carbons (Fsp3) is 0.250. The molecule has 2 heteroatoms. The Morgan fingerprint density at radius 1 is 0.833 bits per heavy atom. The van der Waals surface area contributed by atoms with Crippen LogP contribution in [0, 0.1) is 27.7 Å². The van der Waals surface area contributed by atoms with Gasteiger partial charge in [0.25, 0.3) is 0 Å². The SMILES string of the molecule is Cc1ccccc1-c1cc(C)c([O][Po])c(C)c1C. The quantitative estimate of drug-likeness (QED) is 0.693. The zero-order chi connectivity index (χ0) is 13.3. The van der Waals surface area contributed by atoms with Crippen molar-refractivity contribution in [3.8, 4) is 16.9 Å². The summed E-state index contributed by atoms with van der Waals surface area (Å²) in [6, 6.07) is 10.8. The predicted octanol–water partition coefficient (Wildman–Crippen LogP) is 4.05. The third kappa shape index (κ3) is 2.32. The van der Waals surface area contributed by atoms with E-state index >= 15 is 0 Å². The maximum atomic E-state index is 5.56. The first-order valence-electron chi connectivity index (χ1n) is 6.03. The Morgan fingerprint density at radius 3 is 2.11 bits per heavy atom. The van der Waals surface area contributed by atoms with Crippen LogP contribution in [0.25, 0.3) is 11.1 Å². The molecule has 0 atom stereocenters. The monoisotopic (exact) mass is 434 g/mol. The van der Waals surface area contributed by atoms with Crippen LogP contribution in [-0.2, 0) is 0 Å². The molecule has 0 heterocycles. The van der Waals surface area contributed by atoms with Gasteiger partial charge in [0, 0.05) is 0 Å². The van der Waals surface area contributed by atoms with E-state index in [1.165, 1.54) is 33.4 Å². The van der Waals surface area contributed by atoms with Crippen molar-refractivity contribution in [3.63, 3.8) is 0 Å². The summed E-state index contributed by atoms with van der Waals surface area (Å²) in [7, 11) is 0. The molecule has 2 aromatic carbocycles. The molecule has 18 heavy (non-hydrogen) atoms. The Hall–Kier alpha value is -0.864. The molecule has 0 N–H and O–H groups in total. The van der Waals surface area contributed by atoms with Gasteiger partial charge in [-0.15, -0.1) is 0 Å². The van der Waals surface area contributed by atoms with Crippen molar-refractivity contribution in [3.05, 3.63) is 52.6 Å². The summed E-state index contributed by atoms with van der Waals surface area (Å²) in [4.78, 5) is 0. The summed E-state index contributed by atoms with van der Waals surface area (Å²) in [5.74, 6) is 1.04. The zero-order valence-corrected chi connectivity index (χ0v) is 14.4. The third-order valence-corrected chi connectivity index (χ3v) is 4.19. The normalized spacial score (nSPS) is 10.5. The molecule has 2 aromatic rings. The van der Waals surface area contributed by atoms with Crippen molar-refractivity contribution >= 4 is 25.5 Å². The molecule has 0 bridgehead atoms. The summed E-state index contributed by atoms with van der Waals surface area (Å²) in [5.41, 5.74) is 7.73. The minimum atomic E-state index is 1.04. The molecule has 0 unspecified atom stereocenters. The number of aryl methyl sites for hydroxylation is 2. The second kappa shape index (κ2) is 5.41. The Bertz CT molecular complexity index is 588. The van der Waals surface area contributed by atoms with Gasteiger partial charge in [0.05, 0.1) is 0 Å². The predicted molar refractivity (Wildman–Crippen MR) is 77.2 cm³/mol. The Labute approximate surface area is 125 Å². The minimum absolute atomic E-state index is 1.04. The maximum absolute atomic E-state index is 5.56. The molecule has 0 spiro atoms. The van der Waals surface area contributed by atoms with Crippen molar-refractivity contribution in [2.24, 2.45) is 0 Å². The van der Waals surface area contributed by atoms with Gasteiger partial charge in [-0.25, -0.2) is 0 Å². The molecule has 1 nitrogen and oxygen atoms in total. The Morgan fingerprint density at radius 2 is 1.50 bits per heavy atom. The van der Waals surface area contributed by atoms with Crippen LogP contribution in [0.2, 0.25) is 0 Å². The van der Waals surface area contributed by atoms with Crippen molar-refractivity contribution in [2.45, 2.75) is 27.7 Å². The molecular weight excluding hydrogens is 417 g/mol. The first-order valence-corrected chi connectivity index (χ1v) is 7.32. The van der Waals surface area contributed by atoms with E-state index in [9.17, 15) is 0 Å². The molecule has 2 rings (SSSR count). The van der Waals surface area contributed by atoms with Gasteiger partial charge in [0.2, 0.25) is 0 Å². The van der Waals surface area contributed by atoms with E-state index in [4.69, 9.17) is 2.77 Å². The van der Waals surface area contributed by atoms with E-state index in [-0.39, 0.29) is 0 Å². The van der Waals surface area contributed by atoms with Crippen LogP contribution in [0.3, 0.4) is 0 Å². The first kappa shape index (κ1) is 13.6. The van der Waals surface area contributed by atoms with Gasteiger partial charge >= 0.3 is 125 Å². The molecule has 93 valence electrons. The van der Waals surface area contributed by atoms with Gasteiger partial charge in [-0.2, -0.15) is 0 Å². The van der Waals surface area contributed by atoms with Crippen LogP contribution in [0.5, 0.6) is 5.75 Å². The molecule has 1 radical (unpaired) electrons. The van der Waals surface area contributed by atoms with Gasteiger partial charge in [-0.3, -0.25) is 0 Å². The Kier molecular flexibility index (Phi) is 4.08. The van der Waals surface area contributed by atoms with Gasteiger partial charge in [-0.1, -0.05) is 0 Å². The number of hydrogen-bond acceptors (Lipinski definition) is 1. The van der Waals surface area contributed by atoms with Crippen LogP contribution >= 0.6 is 0 Å². The van der Waals surface area contributed by atoms with E-state index in [1.807, 2.05) is 0 Å². The van der Waals surface area contributed by atoms with Gasteiger partial charge in [-0.05, 0) is 0 Å². The molecule has 0 aliphatic heterocycles. The number of rotatable bonds is 2. The standard InChI is InChI=1S/C16H18O.Po/c1-10-7-5-6-8-14(10)15-9-11(2)16(17)13(4)12(15)3;/h5-9,17H,1-4H3;/q;+1/p-1. The van der Waals surface area contributed by atoms with E-state index in [1.54, 1.807) is 0 Å². The van der Waals surface area contributed by atoms with E-state index in [2.05, 4.69) is 58.0 Å². The zero-order valence-electron chi connectivity index (χ0n) is 11.2. The second-order valence-electron chi connectivity index (χ2n) is 4.72. The summed E-state index contributed by atoms with van der Waals surface area (Å²) < 4.78 is 5.56. The average Bonchev–Trinajstić information content (AvgIpc) is 2.35. The second-order valence-corrected chi connectivity index (χ2v) is 5.37. The van der Waals surface area contributed by atoms with E-state index < -0.39 is 0 Å². The van der Waals surface area contributed by atoms with Crippen molar-refractivity contribution in [1.29, 1.82) is 0 Å². The van der Waals surface area contributed by atoms with Gasteiger partial charge in [0.1, 0.15) is 0 Å². The molecular formula is C16H17OPo. The number of benzene rings is 2. The molecule has 0 aliphatic carbocycles. The van der Waals surface area contributed by atoms with Gasteiger partial charge < -0.3 is 0 Å². The van der Waals surface area contributed by atoms with Crippen LogP contribution in [0.15, 0.2) is 30.3 Å². The first-order chi connectivity index (χ1) is 8.56. The van der Waals surface area contributed by atoms with Crippen molar-refractivity contribution in [1.82, 2.24) is 0 Å². The topological polar surface area (TPSA) is 9.23 Å². The fourth-order valence-corrected chi connectivity index (χ4v) is 3.34. The molecule has 0 fully saturated rings. The molecule has 0 aliphatic rings. The van der Waals surface area contributed by atoms with Crippen molar-refractivity contribution < 1.29 is 2.77 Å². The van der Waals surface area contributed by atoms with Gasteiger partial charge in [0.15, 0.2) is 0 Å². The summed E-state index contributed by atoms with van der Waals surface area (Å²) in [6.07, 6.45) is 0. The fourth-order valence-electron chi connectivity index (χ4n) is 2.34. The van der Waals surface area contributed by atoms with Crippen LogP contribution in [-0.4, -0.2) is 25.5 Å². The summed E-state index contributed by atoms with van der Waals surface area (Å²) in [6.45, 7) is 8.59. The average molecular weight is 434 g/mol. The molecule has 0 amide bonds. The van der Waals surface area contributed by atoms with Crippen LogP contribution < -0.4 is 2.77 Å². The third-order valence-electron chi connectivity index (χ3n) is 3.54. The molecule has 0 saturated heterocycles. The van der Waals surface area contributed by atoms with Crippen LogP contribution in [0.4, 0.5) is 0 Å².